The van der Waals surface area contributed by atoms with Gasteiger partial charge in [0.1, 0.15) is 11.6 Å². The van der Waals surface area contributed by atoms with Crippen LogP contribution in [0, 0.1) is 0 Å². The lowest BCUT2D eigenvalue weighted by Crippen LogP contribution is -2.24. The molecular weight excluding hydrogens is 414 g/mol. The van der Waals surface area contributed by atoms with Crippen molar-refractivity contribution in [2.45, 2.75) is 50.5 Å². The van der Waals surface area contributed by atoms with Crippen molar-refractivity contribution in [3.05, 3.63) is 35.5 Å². The second-order valence-electron chi connectivity index (χ2n) is 6.98. The number of aromatic nitrogens is 2. The summed E-state index contributed by atoms with van der Waals surface area (Å²) in [5.41, 5.74) is -2.33. The quantitative estimate of drug-likeness (QED) is 0.565. The summed E-state index contributed by atoms with van der Waals surface area (Å²) in [5.74, 6) is -0.885. The average molecular weight is 434 g/mol. The maximum Gasteiger partial charge on any atom is 0.433 e. The summed E-state index contributed by atoms with van der Waals surface area (Å²) in [6.07, 6.45) is -4.89. The molecule has 1 aliphatic rings. The van der Waals surface area contributed by atoms with Gasteiger partial charge in [-0.15, -0.1) is 0 Å². The molecule has 0 bridgehead atoms. The van der Waals surface area contributed by atoms with Crippen LogP contribution in [0.2, 0.25) is 0 Å². The second-order valence-corrected chi connectivity index (χ2v) is 6.98. The minimum absolute atomic E-state index is 0.0482. The fourth-order valence-corrected chi connectivity index (χ4v) is 3.31. The largest absolute Gasteiger partial charge is 0.496 e. The van der Waals surface area contributed by atoms with Gasteiger partial charge in [0.2, 0.25) is 5.95 Å². The molecule has 164 valence electrons. The third-order valence-electron chi connectivity index (χ3n) is 4.73. The molecule has 0 aliphatic heterocycles. The Morgan fingerprint density at radius 2 is 1.63 bits per heavy atom. The first-order chi connectivity index (χ1) is 14.1. The number of alkyl halides is 6. The van der Waals surface area contributed by atoms with Gasteiger partial charge in [0.15, 0.2) is 5.69 Å². The number of hydrogen-bond donors (Lipinski definition) is 2. The predicted octanol–water partition coefficient (Wildman–Crippen LogP) is 6.01. The molecule has 1 heterocycles. The summed E-state index contributed by atoms with van der Waals surface area (Å²) in [4.78, 5) is 7.56. The average Bonchev–Trinajstić information content (AvgIpc) is 2.67. The number of methoxy groups -OCH3 is 1. The molecule has 11 heteroatoms. The highest BCUT2D eigenvalue weighted by atomic mass is 19.4. The topological polar surface area (TPSA) is 59.1 Å². The molecule has 0 unspecified atom stereocenters. The van der Waals surface area contributed by atoms with Gasteiger partial charge in [-0.05, 0) is 31.0 Å². The number of halogens is 6. The van der Waals surface area contributed by atoms with Crippen molar-refractivity contribution in [1.29, 1.82) is 0 Å². The smallest absolute Gasteiger partial charge is 0.433 e. The molecule has 30 heavy (non-hydrogen) atoms. The van der Waals surface area contributed by atoms with Gasteiger partial charge in [-0.3, -0.25) is 0 Å². The Morgan fingerprint density at radius 3 is 2.23 bits per heavy atom. The van der Waals surface area contributed by atoms with Crippen molar-refractivity contribution in [1.82, 2.24) is 9.97 Å². The summed E-state index contributed by atoms with van der Waals surface area (Å²) in [5, 5.41) is 5.42. The van der Waals surface area contributed by atoms with Crippen LogP contribution >= 0.6 is 0 Å². The number of nitrogens with zero attached hydrogens (tertiary/aromatic N) is 2. The van der Waals surface area contributed by atoms with E-state index in [-0.39, 0.29) is 23.5 Å². The Hall–Kier alpha value is -2.72. The molecule has 1 aromatic heterocycles. The van der Waals surface area contributed by atoms with E-state index in [1.54, 1.807) is 0 Å². The van der Waals surface area contributed by atoms with E-state index in [0.717, 1.165) is 51.3 Å². The molecule has 1 saturated carbocycles. The first-order valence-electron chi connectivity index (χ1n) is 9.31. The van der Waals surface area contributed by atoms with Crippen molar-refractivity contribution < 1.29 is 31.1 Å². The zero-order valence-electron chi connectivity index (χ0n) is 16.0. The van der Waals surface area contributed by atoms with E-state index in [1.165, 1.54) is 6.07 Å². The van der Waals surface area contributed by atoms with Crippen LogP contribution in [-0.2, 0) is 12.4 Å². The first kappa shape index (κ1) is 22.0. The molecule has 0 spiro atoms. The van der Waals surface area contributed by atoms with E-state index in [1.807, 2.05) is 0 Å². The molecule has 1 fully saturated rings. The van der Waals surface area contributed by atoms with Gasteiger partial charge in [0.25, 0.3) is 0 Å². The maximum atomic E-state index is 13.3. The van der Waals surface area contributed by atoms with E-state index in [2.05, 4.69) is 20.6 Å². The van der Waals surface area contributed by atoms with E-state index >= 15 is 0 Å². The molecule has 2 aromatic rings. The summed E-state index contributed by atoms with van der Waals surface area (Å²) < 4.78 is 84.2. The lowest BCUT2D eigenvalue weighted by molar-refractivity contribution is -0.141. The highest BCUT2D eigenvalue weighted by Crippen LogP contribution is 2.38. The third-order valence-corrected chi connectivity index (χ3v) is 4.73. The van der Waals surface area contributed by atoms with Crippen LogP contribution in [0.25, 0.3) is 0 Å². The fraction of sp³-hybridized carbons (Fsp3) is 0.474. The highest BCUT2D eigenvalue weighted by Gasteiger charge is 2.35. The van der Waals surface area contributed by atoms with Crippen LogP contribution in [0.4, 0.5) is 43.8 Å². The standard InChI is InChI=1S/C19H20F6N4O/c1-30-14-8-7-12(9-13(14)18(20,21)22)26-16-10-15(19(23,24)25)28-17(29-16)27-11-5-3-2-4-6-11/h7-11H,2-6H2,1H3,(H2,26,27,28,29). The maximum absolute atomic E-state index is 13.3. The molecule has 0 amide bonds. The summed E-state index contributed by atoms with van der Waals surface area (Å²) >= 11 is 0. The second kappa shape index (κ2) is 8.57. The monoisotopic (exact) mass is 434 g/mol. The predicted molar refractivity (Wildman–Crippen MR) is 98.8 cm³/mol. The Morgan fingerprint density at radius 1 is 0.933 bits per heavy atom. The van der Waals surface area contributed by atoms with E-state index < -0.39 is 29.4 Å². The Bertz CT molecular complexity index is 878. The molecule has 0 atom stereocenters. The lowest BCUT2D eigenvalue weighted by Gasteiger charge is -2.23. The molecule has 5 nitrogen and oxygen atoms in total. The molecular formula is C19H20F6N4O. The fourth-order valence-electron chi connectivity index (χ4n) is 3.31. The minimum Gasteiger partial charge on any atom is -0.496 e. The number of anilines is 3. The highest BCUT2D eigenvalue weighted by molar-refractivity contribution is 5.61. The Balaban J connectivity index is 1.92. The number of nitrogens with one attached hydrogen (secondary N) is 2. The van der Waals surface area contributed by atoms with Gasteiger partial charge in [0, 0.05) is 17.8 Å². The third kappa shape index (κ3) is 5.45. The zero-order valence-corrected chi connectivity index (χ0v) is 16.0. The SMILES string of the molecule is COc1ccc(Nc2cc(C(F)(F)F)nc(NC3CCCCC3)n2)cc1C(F)(F)F. The van der Waals surface area contributed by atoms with Crippen molar-refractivity contribution in [2.24, 2.45) is 0 Å². The molecule has 0 radical (unpaired) electrons. The number of benzene rings is 1. The summed E-state index contributed by atoms with van der Waals surface area (Å²) in [7, 11) is 1.10. The molecule has 3 rings (SSSR count). The first-order valence-corrected chi connectivity index (χ1v) is 9.31. The molecule has 2 N–H and O–H groups in total. The van der Waals surface area contributed by atoms with Gasteiger partial charge in [-0.1, -0.05) is 19.3 Å². The van der Waals surface area contributed by atoms with Crippen molar-refractivity contribution >= 4 is 17.5 Å². The van der Waals surface area contributed by atoms with E-state index in [4.69, 9.17) is 4.74 Å². The van der Waals surface area contributed by atoms with Crippen molar-refractivity contribution in [2.75, 3.05) is 17.7 Å². The number of hydrogen-bond acceptors (Lipinski definition) is 5. The summed E-state index contributed by atoms with van der Waals surface area (Å²) in [6, 6.07) is 3.70. The van der Waals surface area contributed by atoms with Gasteiger partial charge in [0.05, 0.1) is 12.7 Å². The number of ether oxygens (including phenoxy) is 1. The normalized spacial score (nSPS) is 15.7. The van der Waals surface area contributed by atoms with Crippen LogP contribution in [0.5, 0.6) is 5.75 Å². The van der Waals surface area contributed by atoms with Crippen LogP contribution in [0.3, 0.4) is 0 Å². The van der Waals surface area contributed by atoms with E-state index in [9.17, 15) is 26.3 Å². The summed E-state index contributed by atoms with van der Waals surface area (Å²) in [6.45, 7) is 0. The Kier molecular flexibility index (Phi) is 6.27. The van der Waals surface area contributed by atoms with Crippen LogP contribution in [0.15, 0.2) is 24.3 Å². The minimum atomic E-state index is -4.74. The van der Waals surface area contributed by atoms with E-state index in [0.29, 0.717) is 6.07 Å². The lowest BCUT2D eigenvalue weighted by atomic mass is 9.96. The van der Waals surface area contributed by atoms with Gasteiger partial charge in [-0.2, -0.15) is 31.3 Å². The van der Waals surface area contributed by atoms with Gasteiger partial charge in [-0.25, -0.2) is 4.98 Å². The van der Waals surface area contributed by atoms with Gasteiger partial charge >= 0.3 is 12.4 Å². The number of rotatable bonds is 5. The van der Waals surface area contributed by atoms with Gasteiger partial charge < -0.3 is 15.4 Å². The molecule has 1 aromatic carbocycles. The Labute approximate surface area is 168 Å². The van der Waals surface area contributed by atoms with Crippen LogP contribution < -0.4 is 15.4 Å². The zero-order chi connectivity index (χ0) is 21.9. The van der Waals surface area contributed by atoms with Crippen LogP contribution in [-0.4, -0.2) is 23.1 Å². The van der Waals surface area contributed by atoms with Crippen LogP contribution in [0.1, 0.15) is 43.4 Å². The molecule has 0 saturated heterocycles. The van der Waals surface area contributed by atoms with Crippen molar-refractivity contribution in [3.8, 4) is 5.75 Å². The molecule has 1 aliphatic carbocycles. The van der Waals surface area contributed by atoms with Crippen molar-refractivity contribution in [3.63, 3.8) is 0 Å².